The van der Waals surface area contributed by atoms with E-state index in [4.69, 9.17) is 0 Å². The largest absolute Gasteiger partial charge is 0.249 e. The molecule has 0 heterocycles. The van der Waals surface area contributed by atoms with E-state index < -0.39 is 10.8 Å². The van der Waals surface area contributed by atoms with Crippen molar-refractivity contribution in [3.05, 3.63) is 72.4 Å². The van der Waals surface area contributed by atoms with Crippen molar-refractivity contribution in [2.75, 3.05) is 0 Å². The molecule has 0 bridgehead atoms. The zero-order valence-electron chi connectivity index (χ0n) is 10.4. The molecule has 18 heavy (non-hydrogen) atoms. The van der Waals surface area contributed by atoms with Crippen LogP contribution in [0.4, 0.5) is 0 Å². The van der Waals surface area contributed by atoms with Gasteiger partial charge in [-0.2, -0.15) is 0 Å². The molecule has 2 heteroatoms. The lowest BCUT2D eigenvalue weighted by atomic mass is 10.2. The zero-order valence-corrected chi connectivity index (χ0v) is 11.2. The number of unbranched alkanes of at least 4 members (excludes halogenated alkanes) is 2. The van der Waals surface area contributed by atoms with Crippen molar-refractivity contribution in [3.63, 3.8) is 0 Å². The quantitative estimate of drug-likeness (QED) is 0.403. The van der Waals surface area contributed by atoms with Crippen LogP contribution < -0.4 is 0 Å². The van der Waals surface area contributed by atoms with Gasteiger partial charge < -0.3 is 0 Å². The highest BCUT2D eigenvalue weighted by Crippen LogP contribution is 2.05. The predicted octanol–water partition coefficient (Wildman–Crippen LogP) is 4.38. The van der Waals surface area contributed by atoms with Crippen LogP contribution in [0.15, 0.2) is 77.2 Å². The smallest absolute Gasteiger partial charge is 0.0854 e. The average Bonchev–Trinajstić information content (AvgIpc) is 2.42. The van der Waals surface area contributed by atoms with Crippen molar-refractivity contribution < 1.29 is 4.21 Å². The average molecular weight is 258 g/mol. The Bertz CT molecular complexity index is 465. The lowest BCUT2D eigenvalue weighted by Crippen LogP contribution is -1.83. The Morgan fingerprint density at radius 3 is 2.72 bits per heavy atom. The Labute approximate surface area is 112 Å². The minimum atomic E-state index is -1.09. The third-order valence-electron chi connectivity index (χ3n) is 2.26. The summed E-state index contributed by atoms with van der Waals surface area (Å²) in [6, 6.07) is 9.40. The highest BCUT2D eigenvalue weighted by molar-refractivity contribution is 7.88. The number of hydrogen-bond acceptors (Lipinski definition) is 1. The van der Waals surface area contributed by atoms with Crippen LogP contribution in [0, 0.1) is 0 Å². The van der Waals surface area contributed by atoms with E-state index in [1.165, 1.54) is 0 Å². The third-order valence-corrected chi connectivity index (χ3v) is 3.35. The second-order valence-corrected chi connectivity index (χ2v) is 5.00. The SMILES string of the molecule is C=C/C=C/CCCC=C=CS(=O)c1ccccc1. The molecule has 0 fully saturated rings. The van der Waals surface area contributed by atoms with Crippen molar-refractivity contribution in [3.8, 4) is 0 Å². The van der Waals surface area contributed by atoms with Gasteiger partial charge >= 0.3 is 0 Å². The van der Waals surface area contributed by atoms with Crippen molar-refractivity contribution in [2.45, 2.75) is 24.2 Å². The second kappa shape index (κ2) is 9.41. The van der Waals surface area contributed by atoms with E-state index in [9.17, 15) is 4.21 Å². The summed E-state index contributed by atoms with van der Waals surface area (Å²) in [6.07, 6.45) is 10.8. The van der Waals surface area contributed by atoms with Gasteiger partial charge in [-0.3, -0.25) is 0 Å². The molecule has 0 aliphatic heterocycles. The van der Waals surface area contributed by atoms with E-state index in [1.807, 2.05) is 42.5 Å². The summed E-state index contributed by atoms with van der Waals surface area (Å²) in [4.78, 5) is 0.812. The van der Waals surface area contributed by atoms with E-state index in [-0.39, 0.29) is 0 Å². The molecule has 0 saturated carbocycles. The van der Waals surface area contributed by atoms with Crippen molar-refractivity contribution in [1.82, 2.24) is 0 Å². The summed E-state index contributed by atoms with van der Waals surface area (Å²) in [7, 11) is -1.09. The van der Waals surface area contributed by atoms with Crippen LogP contribution in [-0.2, 0) is 10.8 Å². The number of benzene rings is 1. The van der Waals surface area contributed by atoms with Crippen molar-refractivity contribution in [1.29, 1.82) is 0 Å². The molecule has 1 aromatic carbocycles. The molecule has 1 unspecified atom stereocenters. The zero-order chi connectivity index (χ0) is 13.1. The summed E-state index contributed by atoms with van der Waals surface area (Å²) in [5.41, 5.74) is 2.98. The van der Waals surface area contributed by atoms with Gasteiger partial charge in [-0.1, -0.05) is 43.0 Å². The molecule has 1 nitrogen and oxygen atoms in total. The number of rotatable bonds is 7. The molecule has 0 aromatic heterocycles. The second-order valence-electron chi connectivity index (χ2n) is 3.69. The van der Waals surface area contributed by atoms with Gasteiger partial charge in [0.1, 0.15) is 0 Å². The third kappa shape index (κ3) is 6.19. The maximum atomic E-state index is 11.8. The molecule has 1 atom stereocenters. The standard InChI is InChI=1S/C16H18OS/c1-2-3-4-5-6-7-8-12-15-18(17)16-13-10-9-11-14-16/h2-4,8-11,13-15H,1,5-7H2/b4-3+. The lowest BCUT2D eigenvalue weighted by molar-refractivity contribution is 0.688. The monoisotopic (exact) mass is 258 g/mol. The van der Waals surface area contributed by atoms with Gasteiger partial charge in [-0.15, -0.1) is 5.73 Å². The van der Waals surface area contributed by atoms with Gasteiger partial charge in [-0.05, 0) is 37.5 Å². The molecule has 0 N–H and O–H groups in total. The first-order valence-corrected chi connectivity index (χ1v) is 7.20. The fourth-order valence-electron chi connectivity index (χ4n) is 1.35. The topological polar surface area (TPSA) is 17.1 Å². The molecule has 0 amide bonds. The first-order valence-electron chi connectivity index (χ1n) is 5.99. The van der Waals surface area contributed by atoms with Crippen molar-refractivity contribution >= 4 is 10.8 Å². The summed E-state index contributed by atoms with van der Waals surface area (Å²) in [6.45, 7) is 3.61. The van der Waals surface area contributed by atoms with Gasteiger partial charge in [0, 0.05) is 10.3 Å². The molecule has 0 aliphatic rings. The molecule has 1 aromatic rings. The molecular formula is C16H18OS. The lowest BCUT2D eigenvalue weighted by Gasteiger charge is -1.92. The van der Waals surface area contributed by atoms with Crippen molar-refractivity contribution in [2.24, 2.45) is 0 Å². The maximum Gasteiger partial charge on any atom is 0.0854 e. The van der Waals surface area contributed by atoms with Gasteiger partial charge in [0.15, 0.2) is 0 Å². The van der Waals surface area contributed by atoms with E-state index in [2.05, 4.69) is 18.4 Å². The first-order chi connectivity index (χ1) is 8.84. The molecule has 0 spiro atoms. The van der Waals surface area contributed by atoms with E-state index >= 15 is 0 Å². The Morgan fingerprint density at radius 2 is 2.00 bits per heavy atom. The predicted molar refractivity (Wildman–Crippen MR) is 78.7 cm³/mol. The van der Waals surface area contributed by atoms with Crippen LogP contribution in [0.25, 0.3) is 0 Å². The molecular weight excluding hydrogens is 240 g/mol. The minimum Gasteiger partial charge on any atom is -0.249 e. The fourth-order valence-corrected chi connectivity index (χ4v) is 2.13. The summed E-state index contributed by atoms with van der Waals surface area (Å²) in [5.74, 6) is 0. The normalized spacial score (nSPS) is 11.8. The highest BCUT2D eigenvalue weighted by atomic mass is 32.2. The maximum absolute atomic E-state index is 11.8. The van der Waals surface area contributed by atoms with Crippen LogP contribution >= 0.6 is 0 Å². The van der Waals surface area contributed by atoms with E-state index in [0.717, 1.165) is 24.2 Å². The molecule has 0 saturated heterocycles. The van der Waals surface area contributed by atoms with Crippen LogP contribution in [0.5, 0.6) is 0 Å². The summed E-state index contributed by atoms with van der Waals surface area (Å²) >= 11 is 0. The highest BCUT2D eigenvalue weighted by Gasteiger charge is 1.95. The van der Waals surface area contributed by atoms with Gasteiger partial charge in [0.25, 0.3) is 0 Å². The van der Waals surface area contributed by atoms with Crippen LogP contribution in [0.1, 0.15) is 19.3 Å². The fraction of sp³-hybridized carbons (Fsp3) is 0.188. The summed E-state index contributed by atoms with van der Waals surface area (Å²) in [5, 5.41) is 1.61. The molecule has 0 radical (unpaired) electrons. The first kappa shape index (κ1) is 14.4. The molecule has 94 valence electrons. The minimum absolute atomic E-state index is 0.812. The Kier molecular flexibility index (Phi) is 7.54. The summed E-state index contributed by atoms with van der Waals surface area (Å²) < 4.78 is 11.8. The van der Waals surface area contributed by atoms with Crippen LogP contribution in [-0.4, -0.2) is 4.21 Å². The Morgan fingerprint density at radius 1 is 1.22 bits per heavy atom. The Balaban J connectivity index is 2.33. The number of allylic oxidation sites excluding steroid dienone is 4. The molecule has 0 aliphatic carbocycles. The van der Waals surface area contributed by atoms with E-state index in [0.29, 0.717) is 0 Å². The molecule has 1 rings (SSSR count). The van der Waals surface area contributed by atoms with E-state index in [1.54, 1.807) is 11.5 Å². The van der Waals surface area contributed by atoms with Gasteiger partial charge in [0.2, 0.25) is 0 Å². The van der Waals surface area contributed by atoms with Gasteiger partial charge in [0.05, 0.1) is 10.8 Å². The van der Waals surface area contributed by atoms with Crippen LogP contribution in [0.2, 0.25) is 0 Å². The van der Waals surface area contributed by atoms with Gasteiger partial charge in [-0.25, -0.2) is 4.21 Å². The number of hydrogen-bond donors (Lipinski definition) is 0. The Hall–Kier alpha value is -1.63. The van der Waals surface area contributed by atoms with Crippen LogP contribution in [0.3, 0.4) is 0 Å².